The zero-order valence-electron chi connectivity index (χ0n) is 12.8. The van der Waals surface area contributed by atoms with Crippen molar-refractivity contribution in [2.24, 2.45) is 17.8 Å². The summed E-state index contributed by atoms with van der Waals surface area (Å²) in [6.07, 6.45) is 17.1. The summed E-state index contributed by atoms with van der Waals surface area (Å²) in [5.41, 5.74) is 0. The average molecular weight is 265 g/mol. The van der Waals surface area contributed by atoms with Gasteiger partial charge >= 0.3 is 0 Å². The van der Waals surface area contributed by atoms with Gasteiger partial charge in [-0.2, -0.15) is 0 Å². The summed E-state index contributed by atoms with van der Waals surface area (Å²) in [6.45, 7) is 7.40. The van der Waals surface area contributed by atoms with Crippen LogP contribution in [0.2, 0.25) is 25.7 Å². The molecule has 0 aromatic carbocycles. The molecule has 0 bridgehead atoms. The van der Waals surface area contributed by atoms with E-state index in [1.54, 1.807) is 12.8 Å². The lowest BCUT2D eigenvalue weighted by Gasteiger charge is -2.41. The Kier molecular flexibility index (Phi) is 5.12. The van der Waals surface area contributed by atoms with Gasteiger partial charge in [0, 0.05) is 8.07 Å². The Morgan fingerprint density at radius 1 is 0.889 bits per heavy atom. The van der Waals surface area contributed by atoms with E-state index in [4.69, 9.17) is 0 Å². The van der Waals surface area contributed by atoms with Gasteiger partial charge in [0.05, 0.1) is 0 Å². The maximum absolute atomic E-state index is 2.53. The molecule has 2 saturated carbocycles. The molecule has 3 atom stereocenters. The molecule has 0 N–H and O–H groups in total. The van der Waals surface area contributed by atoms with Crippen LogP contribution in [-0.4, -0.2) is 8.07 Å². The highest BCUT2D eigenvalue weighted by Gasteiger charge is 2.33. The van der Waals surface area contributed by atoms with Gasteiger partial charge in [0.25, 0.3) is 0 Å². The predicted molar refractivity (Wildman–Crippen MR) is 84.7 cm³/mol. The number of hydrogen-bond acceptors (Lipinski definition) is 0. The summed E-state index contributed by atoms with van der Waals surface area (Å²) in [4.78, 5) is 0. The SMILES string of the molecule is C[Si](C)(C)C/C=C\CC1CCCC2CCCCC12. The minimum atomic E-state index is -0.865. The van der Waals surface area contributed by atoms with Crippen molar-refractivity contribution in [2.45, 2.75) is 77.1 Å². The molecule has 0 spiro atoms. The third-order valence-corrected chi connectivity index (χ3v) is 6.52. The third-order valence-electron chi connectivity index (χ3n) is 5.06. The van der Waals surface area contributed by atoms with Gasteiger partial charge in [0.2, 0.25) is 0 Å². The first kappa shape index (κ1) is 14.4. The lowest BCUT2D eigenvalue weighted by atomic mass is 9.65. The summed E-state index contributed by atoms with van der Waals surface area (Å²) in [7, 11) is -0.865. The number of allylic oxidation sites excluding steroid dienone is 2. The molecule has 0 aromatic rings. The van der Waals surface area contributed by atoms with E-state index in [1.807, 2.05) is 0 Å². The van der Waals surface area contributed by atoms with E-state index in [2.05, 4.69) is 31.8 Å². The number of hydrogen-bond donors (Lipinski definition) is 0. The van der Waals surface area contributed by atoms with Crippen LogP contribution in [0.1, 0.15) is 51.4 Å². The molecule has 0 aromatic heterocycles. The van der Waals surface area contributed by atoms with Crippen molar-refractivity contribution in [2.75, 3.05) is 0 Å². The Balaban J connectivity index is 1.80. The molecule has 2 rings (SSSR count). The van der Waals surface area contributed by atoms with E-state index in [9.17, 15) is 0 Å². The van der Waals surface area contributed by atoms with E-state index in [0.717, 1.165) is 17.8 Å². The van der Waals surface area contributed by atoms with Gasteiger partial charge in [-0.15, -0.1) is 0 Å². The van der Waals surface area contributed by atoms with E-state index in [0.29, 0.717) is 0 Å². The van der Waals surface area contributed by atoms with E-state index in [1.165, 1.54) is 44.6 Å². The molecule has 3 unspecified atom stereocenters. The van der Waals surface area contributed by atoms with Gasteiger partial charge in [-0.05, 0) is 43.1 Å². The molecule has 0 radical (unpaired) electrons. The van der Waals surface area contributed by atoms with Crippen LogP contribution in [0, 0.1) is 17.8 Å². The maximum Gasteiger partial charge on any atom is 0.0480 e. The first-order valence-electron chi connectivity index (χ1n) is 8.21. The van der Waals surface area contributed by atoms with Gasteiger partial charge in [0.1, 0.15) is 0 Å². The second kappa shape index (κ2) is 6.41. The van der Waals surface area contributed by atoms with Gasteiger partial charge < -0.3 is 0 Å². The highest BCUT2D eigenvalue weighted by atomic mass is 28.3. The maximum atomic E-state index is 2.53. The van der Waals surface area contributed by atoms with Crippen LogP contribution >= 0.6 is 0 Å². The fourth-order valence-corrected chi connectivity index (χ4v) is 4.95. The Labute approximate surface area is 115 Å². The molecule has 0 heterocycles. The van der Waals surface area contributed by atoms with Crippen LogP contribution in [0.4, 0.5) is 0 Å². The zero-order chi connectivity index (χ0) is 13.0. The molecule has 0 saturated heterocycles. The Morgan fingerprint density at radius 3 is 2.39 bits per heavy atom. The van der Waals surface area contributed by atoms with E-state index < -0.39 is 8.07 Å². The smallest absolute Gasteiger partial charge is 0.0480 e. The first-order valence-corrected chi connectivity index (χ1v) is 11.9. The first-order chi connectivity index (χ1) is 8.56. The molecule has 2 aliphatic rings. The van der Waals surface area contributed by atoms with Crippen molar-refractivity contribution in [1.82, 2.24) is 0 Å². The monoisotopic (exact) mass is 264 g/mol. The molecular formula is C17H32Si. The predicted octanol–water partition coefficient (Wildman–Crippen LogP) is 5.88. The van der Waals surface area contributed by atoms with Crippen LogP contribution < -0.4 is 0 Å². The molecule has 2 aliphatic carbocycles. The summed E-state index contributed by atoms with van der Waals surface area (Å²) in [6, 6.07) is 1.37. The summed E-state index contributed by atoms with van der Waals surface area (Å²) in [5.74, 6) is 3.22. The number of rotatable bonds is 4. The summed E-state index contributed by atoms with van der Waals surface area (Å²) < 4.78 is 0. The van der Waals surface area contributed by atoms with Gasteiger partial charge in [-0.1, -0.05) is 63.9 Å². The second-order valence-electron chi connectivity index (χ2n) is 7.87. The van der Waals surface area contributed by atoms with Crippen molar-refractivity contribution < 1.29 is 0 Å². The van der Waals surface area contributed by atoms with Crippen LogP contribution in [0.15, 0.2) is 12.2 Å². The average Bonchev–Trinajstić information content (AvgIpc) is 2.33. The Hall–Kier alpha value is -0.0431. The highest BCUT2D eigenvalue weighted by Crippen LogP contribution is 2.45. The van der Waals surface area contributed by atoms with Crippen LogP contribution in [0.3, 0.4) is 0 Å². The molecule has 0 amide bonds. The minimum absolute atomic E-state index is 0.865. The minimum Gasteiger partial charge on any atom is -0.0912 e. The van der Waals surface area contributed by atoms with E-state index in [-0.39, 0.29) is 0 Å². The van der Waals surface area contributed by atoms with Crippen LogP contribution in [0.25, 0.3) is 0 Å². The molecule has 18 heavy (non-hydrogen) atoms. The molecule has 0 aliphatic heterocycles. The van der Waals surface area contributed by atoms with Crippen molar-refractivity contribution in [1.29, 1.82) is 0 Å². The second-order valence-corrected chi connectivity index (χ2v) is 13.4. The van der Waals surface area contributed by atoms with Crippen molar-refractivity contribution in [3.05, 3.63) is 12.2 Å². The molecular weight excluding hydrogens is 232 g/mol. The lowest BCUT2D eigenvalue weighted by Crippen LogP contribution is -2.30. The van der Waals surface area contributed by atoms with Crippen LogP contribution in [0.5, 0.6) is 0 Å². The van der Waals surface area contributed by atoms with Gasteiger partial charge in [0.15, 0.2) is 0 Å². The fourth-order valence-electron chi connectivity index (χ4n) is 4.07. The Morgan fingerprint density at radius 2 is 1.61 bits per heavy atom. The highest BCUT2D eigenvalue weighted by molar-refractivity contribution is 6.76. The van der Waals surface area contributed by atoms with Crippen molar-refractivity contribution >= 4 is 8.07 Å². The van der Waals surface area contributed by atoms with E-state index >= 15 is 0 Å². The number of fused-ring (bicyclic) bond motifs is 1. The molecule has 1 heteroatoms. The zero-order valence-corrected chi connectivity index (χ0v) is 13.8. The molecule has 2 fully saturated rings. The normalized spacial score (nSPS) is 33.6. The van der Waals surface area contributed by atoms with Crippen molar-refractivity contribution in [3.8, 4) is 0 Å². The van der Waals surface area contributed by atoms with Gasteiger partial charge in [-0.25, -0.2) is 0 Å². The Bertz CT molecular complexity index is 272. The lowest BCUT2D eigenvalue weighted by molar-refractivity contribution is 0.105. The summed E-state index contributed by atoms with van der Waals surface area (Å²) >= 11 is 0. The topological polar surface area (TPSA) is 0 Å². The standard InChI is InChI=1S/C17H32Si/c1-18(2,3)14-7-6-10-16-12-8-11-15-9-4-5-13-17(15)16/h6-7,15-17H,4-5,8-14H2,1-3H3/b7-6-. The fraction of sp³-hybridized carbons (Fsp3) is 0.882. The van der Waals surface area contributed by atoms with Crippen molar-refractivity contribution in [3.63, 3.8) is 0 Å². The molecule has 0 nitrogen and oxygen atoms in total. The van der Waals surface area contributed by atoms with Crippen LogP contribution in [-0.2, 0) is 0 Å². The largest absolute Gasteiger partial charge is 0.0912 e. The van der Waals surface area contributed by atoms with Gasteiger partial charge in [-0.3, -0.25) is 0 Å². The quantitative estimate of drug-likeness (QED) is 0.439. The summed E-state index contributed by atoms with van der Waals surface area (Å²) in [5, 5.41) is 0. The third kappa shape index (κ3) is 4.26. The molecule has 104 valence electrons.